The fourth-order valence-electron chi connectivity index (χ4n) is 2.98. The van der Waals surface area contributed by atoms with E-state index in [2.05, 4.69) is 0 Å². The maximum absolute atomic E-state index is 12.1. The molecule has 10 nitrogen and oxygen atoms in total. The van der Waals surface area contributed by atoms with Gasteiger partial charge in [-0.2, -0.15) is 18.5 Å². The topological polar surface area (TPSA) is 99.7 Å². The van der Waals surface area contributed by atoms with Crippen LogP contribution in [0.1, 0.15) is 0 Å². The molecule has 11 heteroatoms. The van der Waals surface area contributed by atoms with Gasteiger partial charge in [0.15, 0.2) is 0 Å². The minimum atomic E-state index is -4.60. The molecule has 124 valence electrons. The summed E-state index contributed by atoms with van der Waals surface area (Å²) in [6.45, 7) is 1.52. The summed E-state index contributed by atoms with van der Waals surface area (Å²) in [7, 11) is -4.60. The van der Waals surface area contributed by atoms with E-state index in [1.807, 2.05) is 0 Å². The number of hydrogen-bond acceptors (Lipinski definition) is 6. The molecule has 0 aromatic heterocycles. The molecule has 0 aliphatic carbocycles. The fraction of sp³-hybridized carbons (Fsp3) is 0.500. The van der Waals surface area contributed by atoms with Gasteiger partial charge in [-0.25, -0.2) is 9.59 Å². The molecule has 4 heterocycles. The maximum atomic E-state index is 12.1. The second kappa shape index (κ2) is 4.94. The second-order valence-electron chi connectivity index (χ2n) is 5.58. The number of hydroxylamine groups is 4. The van der Waals surface area contributed by atoms with Crippen LogP contribution in [0.4, 0.5) is 9.59 Å². The first-order valence-corrected chi connectivity index (χ1v) is 8.42. The highest BCUT2D eigenvalue weighted by Gasteiger charge is 2.45. The fourth-order valence-corrected chi connectivity index (χ4v) is 3.75. The Morgan fingerprint density at radius 2 is 1.30 bits per heavy atom. The Balaban J connectivity index is 1.49. The van der Waals surface area contributed by atoms with E-state index < -0.39 is 34.5 Å². The normalized spacial score (nSPS) is 29.2. The lowest BCUT2D eigenvalue weighted by atomic mass is 10.2. The van der Waals surface area contributed by atoms with Crippen molar-refractivity contribution in [2.45, 2.75) is 12.1 Å². The molecule has 4 amide bonds. The second-order valence-corrected chi connectivity index (χ2v) is 6.69. The van der Waals surface area contributed by atoms with Crippen LogP contribution in [0.25, 0.3) is 0 Å². The highest BCUT2D eigenvalue weighted by molar-refractivity contribution is 7.81. The molecule has 0 radical (unpaired) electrons. The molecule has 0 aromatic carbocycles. The van der Waals surface area contributed by atoms with Crippen LogP contribution in [0.5, 0.6) is 0 Å². The van der Waals surface area contributed by atoms with Gasteiger partial charge >= 0.3 is 22.5 Å². The summed E-state index contributed by atoms with van der Waals surface area (Å²) in [5, 5.41) is 1.50. The molecule has 0 N–H and O–H groups in total. The lowest BCUT2D eigenvalue weighted by molar-refractivity contribution is -0.0724. The van der Waals surface area contributed by atoms with Crippen LogP contribution in [0.3, 0.4) is 0 Å². The Bertz CT molecular complexity index is 665. The van der Waals surface area contributed by atoms with Gasteiger partial charge in [-0.15, -0.1) is 8.57 Å². The zero-order valence-electron chi connectivity index (χ0n) is 11.9. The Hall–Kier alpha value is -2.11. The third kappa shape index (κ3) is 2.36. The summed E-state index contributed by atoms with van der Waals surface area (Å²) in [6, 6.07) is -2.09. The summed E-state index contributed by atoms with van der Waals surface area (Å²) in [5.74, 6) is 0. The molecule has 2 atom stereocenters. The van der Waals surface area contributed by atoms with Crippen molar-refractivity contribution in [2.24, 2.45) is 0 Å². The minimum absolute atomic E-state index is 0.354. The number of fused-ring (bicyclic) bond motifs is 4. The molecule has 23 heavy (non-hydrogen) atoms. The minimum Gasteiger partial charge on any atom is -0.317 e. The molecule has 4 rings (SSSR count). The molecule has 2 fully saturated rings. The summed E-state index contributed by atoms with van der Waals surface area (Å²) in [4.78, 5) is 26.9. The number of hydrogen-bond donors (Lipinski definition) is 0. The lowest BCUT2D eigenvalue weighted by Gasteiger charge is -2.21. The van der Waals surface area contributed by atoms with Crippen molar-refractivity contribution < 1.29 is 26.6 Å². The van der Waals surface area contributed by atoms with E-state index >= 15 is 0 Å². The Kier molecular flexibility index (Phi) is 3.11. The van der Waals surface area contributed by atoms with Crippen molar-refractivity contribution in [1.82, 2.24) is 19.9 Å². The molecular formula is C12H14N4O6S. The third-order valence-corrected chi connectivity index (χ3v) is 4.73. The van der Waals surface area contributed by atoms with E-state index in [0.717, 1.165) is 10.1 Å². The monoisotopic (exact) mass is 342 g/mol. The van der Waals surface area contributed by atoms with E-state index in [4.69, 9.17) is 8.57 Å². The largest absolute Gasteiger partial charge is 0.442 e. The van der Waals surface area contributed by atoms with Crippen LogP contribution in [0, 0.1) is 0 Å². The van der Waals surface area contributed by atoms with Crippen molar-refractivity contribution in [1.29, 1.82) is 0 Å². The average molecular weight is 342 g/mol. The molecule has 2 saturated heterocycles. The third-order valence-electron chi connectivity index (χ3n) is 4.05. The smallest absolute Gasteiger partial charge is 0.317 e. The number of amides is 4. The van der Waals surface area contributed by atoms with Gasteiger partial charge in [0.05, 0.1) is 12.1 Å². The number of urea groups is 2. The van der Waals surface area contributed by atoms with Gasteiger partial charge in [0.25, 0.3) is 0 Å². The first-order chi connectivity index (χ1) is 10.9. The molecule has 2 unspecified atom stereocenters. The maximum Gasteiger partial charge on any atom is 0.442 e. The summed E-state index contributed by atoms with van der Waals surface area (Å²) in [6.07, 6.45) is 6.90. The van der Waals surface area contributed by atoms with Gasteiger partial charge in [0.1, 0.15) is 0 Å². The zero-order chi connectivity index (χ0) is 16.2. The first kappa shape index (κ1) is 14.5. The van der Waals surface area contributed by atoms with E-state index in [1.54, 1.807) is 24.3 Å². The van der Waals surface area contributed by atoms with Crippen LogP contribution in [0.2, 0.25) is 0 Å². The van der Waals surface area contributed by atoms with Crippen molar-refractivity contribution in [3.05, 3.63) is 24.3 Å². The van der Waals surface area contributed by atoms with E-state index in [9.17, 15) is 18.0 Å². The Labute approximate surface area is 132 Å². The van der Waals surface area contributed by atoms with E-state index in [0.29, 0.717) is 26.2 Å². The quantitative estimate of drug-likeness (QED) is 0.636. The average Bonchev–Trinajstić information content (AvgIpc) is 2.86. The predicted octanol–water partition coefficient (Wildman–Crippen LogP) is -0.554. The van der Waals surface area contributed by atoms with Crippen molar-refractivity contribution in [3.8, 4) is 0 Å². The highest BCUT2D eigenvalue weighted by atomic mass is 32.3. The van der Waals surface area contributed by atoms with Crippen LogP contribution in [-0.2, 0) is 19.0 Å². The number of rotatable bonds is 4. The summed E-state index contributed by atoms with van der Waals surface area (Å²) >= 11 is 0. The molecule has 4 bridgehead atoms. The highest BCUT2D eigenvalue weighted by Crippen LogP contribution is 2.26. The van der Waals surface area contributed by atoms with Crippen LogP contribution in [0.15, 0.2) is 24.3 Å². The number of carbonyl (C=O) groups is 2. The van der Waals surface area contributed by atoms with Crippen molar-refractivity contribution in [2.75, 3.05) is 26.2 Å². The molecule has 0 aromatic rings. The first-order valence-electron chi connectivity index (χ1n) is 7.08. The van der Waals surface area contributed by atoms with Gasteiger partial charge in [0, 0.05) is 26.2 Å². The Morgan fingerprint density at radius 3 is 1.70 bits per heavy atom. The van der Waals surface area contributed by atoms with Gasteiger partial charge in [0.2, 0.25) is 0 Å². The predicted molar refractivity (Wildman–Crippen MR) is 74.6 cm³/mol. The van der Waals surface area contributed by atoms with Crippen LogP contribution in [-0.4, -0.2) is 78.7 Å². The van der Waals surface area contributed by atoms with Crippen LogP contribution < -0.4 is 0 Å². The number of nitrogens with zero attached hydrogens (tertiary/aromatic N) is 4. The van der Waals surface area contributed by atoms with Gasteiger partial charge < -0.3 is 9.80 Å². The molecule has 0 saturated carbocycles. The molecular weight excluding hydrogens is 328 g/mol. The Morgan fingerprint density at radius 1 is 0.870 bits per heavy atom. The standard InChI is InChI=1S/C12H14N4O6S/c17-11-13-5-1-3-9(7-13)15(11)21-23(19,20)22-16-10-4-2-6-14(8-10)12(16)18/h1-4,9-10H,5-8H2. The van der Waals surface area contributed by atoms with Crippen molar-refractivity contribution >= 4 is 22.5 Å². The zero-order valence-corrected chi connectivity index (χ0v) is 12.8. The van der Waals surface area contributed by atoms with E-state index in [1.165, 1.54) is 9.80 Å². The van der Waals surface area contributed by atoms with Crippen LogP contribution >= 0.6 is 0 Å². The molecule has 4 aliphatic rings. The lowest BCUT2D eigenvalue weighted by Crippen LogP contribution is -2.40. The molecule has 0 spiro atoms. The van der Waals surface area contributed by atoms with Crippen molar-refractivity contribution in [3.63, 3.8) is 0 Å². The van der Waals surface area contributed by atoms with E-state index in [-0.39, 0.29) is 0 Å². The van der Waals surface area contributed by atoms with Gasteiger partial charge in [-0.3, -0.25) is 0 Å². The number of carbonyl (C=O) groups excluding carboxylic acids is 2. The summed E-state index contributed by atoms with van der Waals surface area (Å²) in [5.41, 5.74) is 0. The molecule has 4 aliphatic heterocycles. The summed E-state index contributed by atoms with van der Waals surface area (Å²) < 4.78 is 33.8. The van der Waals surface area contributed by atoms with Gasteiger partial charge in [-0.1, -0.05) is 24.3 Å². The SMILES string of the molecule is O=C1N2CC=CC(C2)N1OS(=O)(=O)ON1C(=O)N2CC=CC1C2. The van der Waals surface area contributed by atoms with Gasteiger partial charge in [-0.05, 0) is 0 Å².